The molecule has 1 aromatic carbocycles. The van der Waals surface area contributed by atoms with E-state index in [4.69, 9.17) is 11.0 Å². The molecule has 0 radical (unpaired) electrons. The molecule has 0 spiro atoms. The maximum absolute atomic E-state index is 11.1. The number of nitrogens with two attached hydrogens (primary N) is 1. The normalized spacial score (nSPS) is 15.8. The van der Waals surface area contributed by atoms with Gasteiger partial charge in [0.1, 0.15) is 5.69 Å². The Hall–Kier alpha value is -2.71. The second kappa shape index (κ2) is 7.24. The third kappa shape index (κ3) is 3.79. The van der Waals surface area contributed by atoms with Crippen LogP contribution in [0.1, 0.15) is 45.9 Å². The number of hydrogen-bond donors (Lipinski definition) is 1. The van der Waals surface area contributed by atoms with Crippen LogP contribution in [0.3, 0.4) is 0 Å². The van der Waals surface area contributed by atoms with Crippen molar-refractivity contribution in [1.82, 2.24) is 9.88 Å². The zero-order chi connectivity index (χ0) is 16.9. The van der Waals surface area contributed by atoms with E-state index in [-0.39, 0.29) is 0 Å². The molecule has 5 nitrogen and oxygen atoms in total. The van der Waals surface area contributed by atoms with Crippen LogP contribution in [0.4, 0.5) is 0 Å². The molecule has 0 saturated carbocycles. The monoisotopic (exact) mass is 320 g/mol. The molecule has 1 fully saturated rings. The van der Waals surface area contributed by atoms with Crippen molar-refractivity contribution >= 4 is 5.91 Å². The summed E-state index contributed by atoms with van der Waals surface area (Å²) in [5, 5.41) is 8.84. The number of nitriles is 1. The number of aromatic nitrogens is 1. The lowest BCUT2D eigenvalue weighted by Gasteiger charge is -2.32. The van der Waals surface area contributed by atoms with Gasteiger partial charge in [-0.1, -0.05) is 18.2 Å². The largest absolute Gasteiger partial charge is 0.364 e. The van der Waals surface area contributed by atoms with E-state index in [1.807, 2.05) is 30.3 Å². The standard InChI is InChI=1S/C19H20N4O/c20-11-14-1-3-15(4-2-14)13-23-9-7-16(8-10-23)17-5-6-18(19(21)24)22-12-17/h1-6,12,16H,7-10,13H2,(H2,21,24). The first-order valence-corrected chi connectivity index (χ1v) is 8.13. The minimum Gasteiger partial charge on any atom is -0.364 e. The lowest BCUT2D eigenvalue weighted by atomic mass is 9.90. The van der Waals surface area contributed by atoms with Crippen LogP contribution in [0.2, 0.25) is 0 Å². The highest BCUT2D eigenvalue weighted by Crippen LogP contribution is 2.28. The third-order valence-corrected chi connectivity index (χ3v) is 4.59. The maximum atomic E-state index is 11.1. The van der Waals surface area contributed by atoms with Crippen LogP contribution in [0.25, 0.3) is 0 Å². The molecule has 2 N–H and O–H groups in total. The summed E-state index contributed by atoms with van der Waals surface area (Å²) < 4.78 is 0. The van der Waals surface area contributed by atoms with E-state index in [9.17, 15) is 4.79 Å². The molecule has 5 heteroatoms. The van der Waals surface area contributed by atoms with Crippen molar-refractivity contribution < 1.29 is 4.79 Å². The molecule has 1 amide bonds. The number of piperidine rings is 1. The number of nitrogens with zero attached hydrogens (tertiary/aromatic N) is 3. The van der Waals surface area contributed by atoms with Crippen molar-refractivity contribution in [3.8, 4) is 6.07 Å². The number of pyridine rings is 1. The van der Waals surface area contributed by atoms with Gasteiger partial charge in [-0.2, -0.15) is 5.26 Å². The highest BCUT2D eigenvalue weighted by Gasteiger charge is 2.21. The van der Waals surface area contributed by atoms with E-state index >= 15 is 0 Å². The summed E-state index contributed by atoms with van der Waals surface area (Å²) in [5.74, 6) is -0.00423. The Labute approximate surface area is 141 Å². The summed E-state index contributed by atoms with van der Waals surface area (Å²) in [6.07, 6.45) is 3.93. The van der Waals surface area contributed by atoms with Crippen LogP contribution >= 0.6 is 0 Å². The number of benzene rings is 1. The molecule has 0 bridgehead atoms. The van der Waals surface area contributed by atoms with Crippen LogP contribution in [0.5, 0.6) is 0 Å². The number of amides is 1. The molecular weight excluding hydrogens is 300 g/mol. The topological polar surface area (TPSA) is 83.0 Å². The zero-order valence-corrected chi connectivity index (χ0v) is 13.5. The SMILES string of the molecule is N#Cc1ccc(CN2CCC(c3ccc(C(N)=O)nc3)CC2)cc1. The van der Waals surface area contributed by atoms with E-state index in [1.54, 1.807) is 12.3 Å². The van der Waals surface area contributed by atoms with Gasteiger partial charge in [-0.3, -0.25) is 14.7 Å². The predicted molar refractivity (Wildman–Crippen MR) is 91.2 cm³/mol. The average molecular weight is 320 g/mol. The molecule has 3 rings (SSSR count). The van der Waals surface area contributed by atoms with Gasteiger partial charge in [-0.25, -0.2) is 0 Å². The Morgan fingerprint density at radius 1 is 1.21 bits per heavy atom. The van der Waals surface area contributed by atoms with Gasteiger partial charge in [0.2, 0.25) is 0 Å². The fourth-order valence-electron chi connectivity index (χ4n) is 3.16. The Balaban J connectivity index is 1.55. The Kier molecular flexibility index (Phi) is 4.88. The summed E-state index contributed by atoms with van der Waals surface area (Å²) in [5.41, 5.74) is 8.66. The fraction of sp³-hybridized carbons (Fsp3) is 0.316. The first-order chi connectivity index (χ1) is 11.7. The second-order valence-corrected chi connectivity index (χ2v) is 6.20. The van der Waals surface area contributed by atoms with Crippen LogP contribution in [0, 0.1) is 11.3 Å². The summed E-state index contributed by atoms with van der Waals surface area (Å²) in [4.78, 5) is 17.7. The smallest absolute Gasteiger partial charge is 0.267 e. The van der Waals surface area contributed by atoms with Gasteiger partial charge in [0.25, 0.3) is 5.91 Å². The second-order valence-electron chi connectivity index (χ2n) is 6.20. The van der Waals surface area contributed by atoms with Crippen molar-refractivity contribution in [2.45, 2.75) is 25.3 Å². The highest BCUT2D eigenvalue weighted by atomic mass is 16.1. The first-order valence-electron chi connectivity index (χ1n) is 8.13. The summed E-state index contributed by atoms with van der Waals surface area (Å²) in [7, 11) is 0. The number of carbonyl (C=O) groups excluding carboxylic acids is 1. The number of primary amides is 1. The van der Waals surface area contributed by atoms with Gasteiger partial charge in [-0.15, -0.1) is 0 Å². The molecule has 122 valence electrons. The van der Waals surface area contributed by atoms with E-state index in [0.717, 1.165) is 32.5 Å². The lowest BCUT2D eigenvalue weighted by Crippen LogP contribution is -2.32. The van der Waals surface area contributed by atoms with E-state index < -0.39 is 5.91 Å². The molecule has 1 aliphatic rings. The Morgan fingerprint density at radius 3 is 2.46 bits per heavy atom. The van der Waals surface area contributed by atoms with E-state index in [1.165, 1.54) is 11.1 Å². The third-order valence-electron chi connectivity index (χ3n) is 4.59. The molecule has 2 heterocycles. The fourth-order valence-corrected chi connectivity index (χ4v) is 3.16. The van der Waals surface area contributed by atoms with E-state index in [0.29, 0.717) is 17.2 Å². The van der Waals surface area contributed by atoms with Crippen LogP contribution in [-0.4, -0.2) is 28.9 Å². The number of hydrogen-bond acceptors (Lipinski definition) is 4. The average Bonchev–Trinajstić information content (AvgIpc) is 2.63. The van der Waals surface area contributed by atoms with Gasteiger partial charge in [0.05, 0.1) is 11.6 Å². The van der Waals surface area contributed by atoms with Crippen LogP contribution < -0.4 is 5.73 Å². The number of rotatable bonds is 4. The molecule has 1 aliphatic heterocycles. The van der Waals surface area contributed by atoms with Crippen molar-refractivity contribution in [2.75, 3.05) is 13.1 Å². The van der Waals surface area contributed by atoms with Crippen LogP contribution in [-0.2, 0) is 6.54 Å². The van der Waals surface area contributed by atoms with Gasteiger partial charge >= 0.3 is 0 Å². The summed E-state index contributed by atoms with van der Waals surface area (Å²) >= 11 is 0. The van der Waals surface area contributed by atoms with Gasteiger partial charge in [-0.05, 0) is 61.2 Å². The molecule has 0 aliphatic carbocycles. The first kappa shape index (κ1) is 16.2. The molecule has 0 unspecified atom stereocenters. The summed E-state index contributed by atoms with van der Waals surface area (Å²) in [6, 6.07) is 13.6. The van der Waals surface area contributed by atoms with Crippen LogP contribution in [0.15, 0.2) is 42.6 Å². The van der Waals surface area contributed by atoms with Crippen molar-refractivity contribution in [1.29, 1.82) is 5.26 Å². The summed E-state index contributed by atoms with van der Waals surface area (Å²) in [6.45, 7) is 2.97. The molecule has 1 saturated heterocycles. The zero-order valence-electron chi connectivity index (χ0n) is 13.5. The van der Waals surface area contributed by atoms with Crippen molar-refractivity contribution in [2.24, 2.45) is 5.73 Å². The quantitative estimate of drug-likeness (QED) is 0.938. The predicted octanol–water partition coefficient (Wildman–Crippen LogP) is 2.43. The molecule has 24 heavy (non-hydrogen) atoms. The minimum atomic E-state index is -0.487. The van der Waals surface area contributed by atoms with Crippen molar-refractivity contribution in [3.63, 3.8) is 0 Å². The lowest BCUT2D eigenvalue weighted by molar-refractivity contribution is 0.0995. The Morgan fingerprint density at radius 2 is 1.92 bits per heavy atom. The molecule has 0 atom stereocenters. The molecule has 1 aromatic heterocycles. The molecular formula is C19H20N4O. The Bertz CT molecular complexity index is 738. The number of carbonyl (C=O) groups is 1. The molecule has 2 aromatic rings. The minimum absolute atomic E-state index is 0.317. The van der Waals surface area contributed by atoms with Crippen molar-refractivity contribution in [3.05, 3.63) is 65.0 Å². The van der Waals surface area contributed by atoms with Gasteiger partial charge in [0, 0.05) is 12.7 Å². The van der Waals surface area contributed by atoms with Gasteiger partial charge < -0.3 is 5.73 Å². The van der Waals surface area contributed by atoms with E-state index in [2.05, 4.69) is 16.0 Å². The maximum Gasteiger partial charge on any atom is 0.267 e. The number of likely N-dealkylation sites (tertiary alicyclic amines) is 1. The van der Waals surface area contributed by atoms with Gasteiger partial charge in [0.15, 0.2) is 0 Å². The highest BCUT2D eigenvalue weighted by molar-refractivity contribution is 5.90.